The Morgan fingerprint density at radius 1 is 1.50 bits per heavy atom. The first-order chi connectivity index (χ1) is 10.5. The summed E-state index contributed by atoms with van der Waals surface area (Å²) in [4.78, 5) is 28.8. The van der Waals surface area contributed by atoms with Crippen molar-refractivity contribution < 1.29 is 14.3 Å². The molecule has 0 saturated carbocycles. The maximum atomic E-state index is 12.3. The molecule has 0 aliphatic carbocycles. The lowest BCUT2D eigenvalue weighted by molar-refractivity contribution is -0.146. The molecule has 1 amide bonds. The van der Waals surface area contributed by atoms with Gasteiger partial charge in [-0.3, -0.25) is 14.5 Å². The van der Waals surface area contributed by atoms with Crippen molar-refractivity contribution in [2.45, 2.75) is 0 Å². The highest BCUT2D eigenvalue weighted by Gasteiger charge is 2.33. The van der Waals surface area contributed by atoms with Crippen LogP contribution in [0.2, 0.25) is 0 Å². The Morgan fingerprint density at radius 3 is 2.91 bits per heavy atom. The molecule has 8 heteroatoms. The number of amides is 1. The minimum atomic E-state index is -0.449. The summed E-state index contributed by atoms with van der Waals surface area (Å²) in [5, 5.41) is 1.94. The number of thioether (sulfide) groups is 1. The first-order valence-electron chi connectivity index (χ1n) is 6.56. The lowest BCUT2D eigenvalue weighted by Gasteiger charge is -2.14. The summed E-state index contributed by atoms with van der Waals surface area (Å²) in [7, 11) is 3.79. The number of hydrogen-bond donors (Lipinski definition) is 0. The van der Waals surface area contributed by atoms with Gasteiger partial charge in [0, 0.05) is 11.4 Å². The summed E-state index contributed by atoms with van der Waals surface area (Å²) in [6, 6.07) is 3.84. The SMILES string of the molecule is CN(C)CCOC(=O)CN1C(=O)/C(=C\c2cccs2)SC1=S. The van der Waals surface area contributed by atoms with Crippen molar-refractivity contribution in [2.24, 2.45) is 0 Å². The Hall–Kier alpha value is -1.22. The first kappa shape index (κ1) is 17.1. The van der Waals surface area contributed by atoms with Crippen LogP contribution >= 0.6 is 35.3 Å². The summed E-state index contributed by atoms with van der Waals surface area (Å²) in [6.07, 6.45) is 1.79. The molecule has 118 valence electrons. The summed E-state index contributed by atoms with van der Waals surface area (Å²) in [6.45, 7) is 0.800. The first-order valence-corrected chi connectivity index (χ1v) is 8.67. The van der Waals surface area contributed by atoms with Crippen LogP contribution in [0.4, 0.5) is 0 Å². The van der Waals surface area contributed by atoms with E-state index in [-0.39, 0.29) is 12.5 Å². The van der Waals surface area contributed by atoms with Crippen LogP contribution in [0.3, 0.4) is 0 Å². The second-order valence-corrected chi connectivity index (χ2v) is 7.46. The molecular weight excluding hydrogens is 340 g/mol. The average Bonchev–Trinajstić information content (AvgIpc) is 3.03. The highest BCUT2D eigenvalue weighted by Crippen LogP contribution is 2.33. The third kappa shape index (κ3) is 4.64. The molecule has 0 N–H and O–H groups in total. The molecule has 1 aromatic rings. The fourth-order valence-electron chi connectivity index (χ4n) is 1.66. The Balaban J connectivity index is 1.93. The Labute approximate surface area is 142 Å². The number of carbonyl (C=O) groups is 2. The maximum absolute atomic E-state index is 12.3. The molecule has 0 radical (unpaired) electrons. The van der Waals surface area contributed by atoms with Crippen LogP contribution in [-0.4, -0.2) is 59.8 Å². The lowest BCUT2D eigenvalue weighted by atomic mass is 10.3. The van der Waals surface area contributed by atoms with Gasteiger partial charge >= 0.3 is 5.97 Å². The molecule has 0 aromatic carbocycles. The third-order valence-corrected chi connectivity index (χ3v) is 4.98. The number of likely N-dealkylation sites (N-methyl/N-ethyl adjacent to an activating group) is 1. The monoisotopic (exact) mass is 356 g/mol. The van der Waals surface area contributed by atoms with E-state index in [1.165, 1.54) is 16.7 Å². The van der Waals surface area contributed by atoms with E-state index in [0.717, 1.165) is 4.88 Å². The molecule has 0 unspecified atom stereocenters. The van der Waals surface area contributed by atoms with Crippen molar-refractivity contribution in [1.82, 2.24) is 9.80 Å². The zero-order valence-corrected chi connectivity index (χ0v) is 14.7. The van der Waals surface area contributed by atoms with Gasteiger partial charge in [0.2, 0.25) is 0 Å². The van der Waals surface area contributed by atoms with E-state index >= 15 is 0 Å². The van der Waals surface area contributed by atoms with Crippen molar-refractivity contribution in [3.63, 3.8) is 0 Å². The minimum Gasteiger partial charge on any atom is -0.463 e. The number of esters is 1. The summed E-state index contributed by atoms with van der Waals surface area (Å²) in [5.74, 6) is -0.691. The van der Waals surface area contributed by atoms with E-state index in [0.29, 0.717) is 22.4 Å². The summed E-state index contributed by atoms with van der Waals surface area (Å²) < 4.78 is 5.48. The van der Waals surface area contributed by atoms with Crippen LogP contribution in [0.5, 0.6) is 0 Å². The summed E-state index contributed by atoms with van der Waals surface area (Å²) >= 11 is 7.93. The number of ether oxygens (including phenoxy) is 1. The average molecular weight is 356 g/mol. The molecule has 5 nitrogen and oxygen atoms in total. The van der Waals surface area contributed by atoms with Gasteiger partial charge < -0.3 is 9.64 Å². The molecule has 0 atom stereocenters. The molecule has 1 aromatic heterocycles. The Bertz CT molecular complexity index is 596. The normalized spacial score (nSPS) is 16.9. The number of hydrogen-bond acceptors (Lipinski definition) is 7. The largest absolute Gasteiger partial charge is 0.463 e. The van der Waals surface area contributed by atoms with Gasteiger partial charge in [0.25, 0.3) is 5.91 Å². The maximum Gasteiger partial charge on any atom is 0.326 e. The van der Waals surface area contributed by atoms with Crippen molar-refractivity contribution in [1.29, 1.82) is 0 Å². The van der Waals surface area contributed by atoms with Crippen molar-refractivity contribution in [2.75, 3.05) is 33.8 Å². The van der Waals surface area contributed by atoms with Gasteiger partial charge in [-0.2, -0.15) is 0 Å². The molecule has 1 aliphatic heterocycles. The van der Waals surface area contributed by atoms with E-state index in [2.05, 4.69) is 0 Å². The Kier molecular flexibility index (Phi) is 6.13. The number of carbonyl (C=O) groups excluding carboxylic acids is 2. The van der Waals surface area contributed by atoms with Gasteiger partial charge in [0.15, 0.2) is 0 Å². The van der Waals surface area contributed by atoms with Crippen molar-refractivity contribution in [3.8, 4) is 0 Å². The number of thiocarbonyl (C=S) groups is 1. The number of nitrogens with zero attached hydrogens (tertiary/aromatic N) is 2. The van der Waals surface area contributed by atoms with Crippen LogP contribution in [0.15, 0.2) is 22.4 Å². The van der Waals surface area contributed by atoms with Crippen molar-refractivity contribution in [3.05, 3.63) is 27.3 Å². The van der Waals surface area contributed by atoms with Crippen LogP contribution in [0.1, 0.15) is 4.88 Å². The van der Waals surface area contributed by atoms with Gasteiger partial charge in [0.1, 0.15) is 17.5 Å². The Morgan fingerprint density at radius 2 is 2.27 bits per heavy atom. The van der Waals surface area contributed by atoms with Crippen LogP contribution in [0, 0.1) is 0 Å². The lowest BCUT2D eigenvalue weighted by Crippen LogP contribution is -2.35. The second kappa shape index (κ2) is 7.87. The molecule has 1 aliphatic rings. The van der Waals surface area contributed by atoms with E-state index in [9.17, 15) is 9.59 Å². The number of thiophene rings is 1. The van der Waals surface area contributed by atoms with E-state index in [1.54, 1.807) is 17.4 Å². The molecule has 2 rings (SSSR count). The van der Waals surface area contributed by atoms with Crippen LogP contribution in [-0.2, 0) is 14.3 Å². The van der Waals surface area contributed by atoms with Gasteiger partial charge in [0.05, 0.1) is 4.91 Å². The molecule has 22 heavy (non-hydrogen) atoms. The molecule has 2 heterocycles. The van der Waals surface area contributed by atoms with Gasteiger partial charge in [-0.05, 0) is 31.6 Å². The second-order valence-electron chi connectivity index (χ2n) is 4.81. The molecule has 1 fully saturated rings. The van der Waals surface area contributed by atoms with Gasteiger partial charge in [-0.25, -0.2) is 0 Å². The van der Waals surface area contributed by atoms with E-state index in [4.69, 9.17) is 17.0 Å². The zero-order chi connectivity index (χ0) is 16.1. The fourth-order valence-corrected chi connectivity index (χ4v) is 3.63. The number of rotatable bonds is 6. The molecule has 0 bridgehead atoms. The predicted octanol–water partition coefficient (Wildman–Crippen LogP) is 2.05. The van der Waals surface area contributed by atoms with Gasteiger partial charge in [-0.1, -0.05) is 30.0 Å². The topological polar surface area (TPSA) is 49.9 Å². The molecular formula is C14H16N2O3S3. The van der Waals surface area contributed by atoms with Crippen LogP contribution in [0.25, 0.3) is 6.08 Å². The van der Waals surface area contributed by atoms with E-state index in [1.807, 2.05) is 36.5 Å². The van der Waals surface area contributed by atoms with Gasteiger partial charge in [-0.15, -0.1) is 11.3 Å². The molecule has 1 saturated heterocycles. The zero-order valence-electron chi connectivity index (χ0n) is 12.3. The summed E-state index contributed by atoms with van der Waals surface area (Å²) in [5.41, 5.74) is 0. The highest BCUT2D eigenvalue weighted by molar-refractivity contribution is 8.26. The smallest absolute Gasteiger partial charge is 0.326 e. The third-order valence-electron chi connectivity index (χ3n) is 2.78. The van der Waals surface area contributed by atoms with E-state index < -0.39 is 5.97 Å². The highest BCUT2D eigenvalue weighted by atomic mass is 32.2. The predicted molar refractivity (Wildman–Crippen MR) is 93.7 cm³/mol. The fraction of sp³-hybridized carbons (Fsp3) is 0.357. The van der Waals surface area contributed by atoms with Crippen LogP contribution < -0.4 is 0 Å². The molecule has 0 spiro atoms. The van der Waals surface area contributed by atoms with Crippen molar-refractivity contribution >= 4 is 57.6 Å². The standard InChI is InChI=1S/C14H16N2O3S3/c1-15(2)5-6-19-12(17)9-16-13(18)11(22-14(16)20)8-10-4-3-7-21-10/h3-4,7-8H,5-6,9H2,1-2H3/b11-8+. The minimum absolute atomic E-state index is 0.139. The quantitative estimate of drug-likeness (QED) is 0.442.